The van der Waals surface area contributed by atoms with Crippen LogP contribution in [0.3, 0.4) is 0 Å². The van der Waals surface area contributed by atoms with Crippen molar-refractivity contribution in [2.75, 3.05) is 44.3 Å². The van der Waals surface area contributed by atoms with Crippen LogP contribution in [-0.4, -0.2) is 99.8 Å². The van der Waals surface area contributed by atoms with E-state index in [1.807, 2.05) is 62.1 Å². The molecular weight excluding hydrogens is 687 g/mol. The van der Waals surface area contributed by atoms with Gasteiger partial charge in [0, 0.05) is 31.5 Å². The van der Waals surface area contributed by atoms with E-state index in [1.165, 1.54) is 0 Å². The molecule has 0 radical (unpaired) electrons. The third kappa shape index (κ3) is 6.64. The van der Waals surface area contributed by atoms with Crippen molar-refractivity contribution in [3.05, 3.63) is 54.0 Å². The van der Waals surface area contributed by atoms with Crippen molar-refractivity contribution < 1.29 is 28.1 Å². The summed E-state index contributed by atoms with van der Waals surface area (Å²) in [4.78, 5) is 34.5. The van der Waals surface area contributed by atoms with Crippen molar-refractivity contribution >= 4 is 33.6 Å². The SMILES string of the molecule is CC(C)(C)OC(=O)N1C2CCC1CN(c1nc(OCC34CCCN3CCC4)nc3c(F)c(-c4cccc5cccc(COC6CCCCO6)c45)ncc13)C2. The third-order valence-corrected chi connectivity index (χ3v) is 12.1. The molecule has 7 heterocycles. The highest BCUT2D eigenvalue weighted by atomic mass is 19.1. The van der Waals surface area contributed by atoms with Crippen LogP contribution in [0.15, 0.2) is 42.6 Å². The van der Waals surface area contributed by atoms with Gasteiger partial charge in [-0.15, -0.1) is 0 Å². The van der Waals surface area contributed by atoms with Crippen LogP contribution in [0, 0.1) is 5.82 Å². The molecule has 1 amide bonds. The molecule has 5 aliphatic heterocycles. The van der Waals surface area contributed by atoms with Crippen molar-refractivity contribution in [2.24, 2.45) is 0 Å². The van der Waals surface area contributed by atoms with Crippen molar-refractivity contribution in [3.63, 3.8) is 0 Å². The van der Waals surface area contributed by atoms with Gasteiger partial charge in [-0.05, 0) is 108 Å². The summed E-state index contributed by atoms with van der Waals surface area (Å²) < 4.78 is 41.7. The number of anilines is 1. The third-order valence-electron chi connectivity index (χ3n) is 12.1. The van der Waals surface area contributed by atoms with Crippen molar-refractivity contribution in [2.45, 2.75) is 115 Å². The summed E-state index contributed by atoms with van der Waals surface area (Å²) in [5, 5.41) is 2.39. The number of benzene rings is 2. The van der Waals surface area contributed by atoms with Crippen molar-refractivity contribution in [1.29, 1.82) is 0 Å². The zero-order chi connectivity index (χ0) is 37.0. The van der Waals surface area contributed by atoms with Gasteiger partial charge in [-0.25, -0.2) is 9.18 Å². The summed E-state index contributed by atoms with van der Waals surface area (Å²) in [5.41, 5.74) is 1.41. The van der Waals surface area contributed by atoms with Crippen LogP contribution in [-0.2, 0) is 20.8 Å². The standard InChI is InChI=1S/C42H51FN6O5/c1-41(2,3)54-40(50)49-29-15-16-30(49)24-47(23-29)38-32-22-44-36(35(43)37(32)45-39(46-38)53-26-42-17-8-19-48(42)20-9-18-42)31-13-7-11-27-10-6-12-28(34(27)31)25-52-33-14-4-5-21-51-33/h6-7,10-13,22,29-30,33H,4-5,8-9,14-21,23-26H2,1-3H3. The van der Waals surface area contributed by atoms with Gasteiger partial charge in [0.2, 0.25) is 0 Å². The number of carbonyl (C=O) groups is 1. The molecule has 5 saturated heterocycles. The number of piperazine rings is 1. The van der Waals surface area contributed by atoms with Gasteiger partial charge in [0.15, 0.2) is 12.1 Å². The molecule has 3 unspecified atom stereocenters. The van der Waals surface area contributed by atoms with E-state index < -0.39 is 11.4 Å². The Labute approximate surface area is 316 Å². The average molecular weight is 739 g/mol. The molecule has 2 aromatic heterocycles. The number of fused-ring (bicyclic) bond motifs is 5. The Balaban J connectivity index is 1.09. The predicted octanol–water partition coefficient (Wildman–Crippen LogP) is 7.62. The number of carbonyl (C=O) groups excluding carboxylic acids is 1. The fourth-order valence-electron chi connectivity index (χ4n) is 9.63. The highest BCUT2D eigenvalue weighted by molar-refractivity contribution is 6.00. The second-order valence-corrected chi connectivity index (χ2v) is 16.8. The Morgan fingerprint density at radius 3 is 2.46 bits per heavy atom. The predicted molar refractivity (Wildman–Crippen MR) is 204 cm³/mol. The number of halogens is 1. The first-order valence-electron chi connectivity index (χ1n) is 19.9. The van der Waals surface area contributed by atoms with E-state index in [9.17, 15) is 4.79 Å². The molecule has 5 aliphatic rings. The zero-order valence-electron chi connectivity index (χ0n) is 31.7. The molecule has 54 heavy (non-hydrogen) atoms. The lowest BCUT2D eigenvalue weighted by Gasteiger charge is -2.42. The van der Waals surface area contributed by atoms with Crippen LogP contribution < -0.4 is 9.64 Å². The zero-order valence-corrected chi connectivity index (χ0v) is 31.7. The minimum Gasteiger partial charge on any atom is -0.461 e. The molecular formula is C42H51FN6O5. The van der Waals surface area contributed by atoms with Crippen LogP contribution in [0.25, 0.3) is 32.9 Å². The van der Waals surface area contributed by atoms with Gasteiger partial charge in [-0.2, -0.15) is 9.97 Å². The summed E-state index contributed by atoms with van der Waals surface area (Å²) >= 11 is 0. The van der Waals surface area contributed by atoms with E-state index in [0.717, 1.165) is 87.2 Å². The molecule has 11 nitrogen and oxygen atoms in total. The quantitative estimate of drug-likeness (QED) is 0.179. The van der Waals surface area contributed by atoms with Gasteiger partial charge in [0.1, 0.15) is 29.2 Å². The van der Waals surface area contributed by atoms with E-state index >= 15 is 4.39 Å². The van der Waals surface area contributed by atoms with Crippen LogP contribution in [0.5, 0.6) is 6.01 Å². The lowest BCUT2D eigenvalue weighted by atomic mass is 9.95. The molecule has 0 saturated carbocycles. The van der Waals surface area contributed by atoms with E-state index in [-0.39, 0.29) is 47.2 Å². The molecule has 2 bridgehead atoms. The van der Waals surface area contributed by atoms with Gasteiger partial charge in [-0.1, -0.05) is 36.4 Å². The molecule has 286 valence electrons. The van der Waals surface area contributed by atoms with Crippen LogP contribution in [0.1, 0.15) is 84.1 Å². The first-order chi connectivity index (χ1) is 26.2. The van der Waals surface area contributed by atoms with Crippen LogP contribution in [0.4, 0.5) is 15.0 Å². The summed E-state index contributed by atoms with van der Waals surface area (Å²) in [5.74, 6) is 0.0668. The largest absolute Gasteiger partial charge is 0.461 e. The molecule has 0 N–H and O–H groups in total. The smallest absolute Gasteiger partial charge is 0.410 e. The van der Waals surface area contributed by atoms with E-state index in [0.29, 0.717) is 49.7 Å². The number of aromatic nitrogens is 3. The highest BCUT2D eigenvalue weighted by Crippen LogP contribution is 2.41. The minimum absolute atomic E-state index is 0.0251. The minimum atomic E-state index is -0.584. The number of rotatable bonds is 8. The van der Waals surface area contributed by atoms with Gasteiger partial charge in [0.25, 0.3) is 0 Å². The van der Waals surface area contributed by atoms with E-state index in [1.54, 1.807) is 6.20 Å². The number of hydrogen-bond donors (Lipinski definition) is 0. The Hall–Kier alpha value is -4.13. The van der Waals surface area contributed by atoms with Gasteiger partial charge in [0.05, 0.1) is 29.6 Å². The van der Waals surface area contributed by atoms with Crippen LogP contribution >= 0.6 is 0 Å². The first-order valence-corrected chi connectivity index (χ1v) is 19.9. The fourth-order valence-corrected chi connectivity index (χ4v) is 9.63. The molecule has 5 fully saturated rings. The van der Waals surface area contributed by atoms with Crippen molar-refractivity contribution in [1.82, 2.24) is 24.8 Å². The second-order valence-electron chi connectivity index (χ2n) is 16.8. The number of nitrogens with zero attached hydrogens (tertiary/aromatic N) is 6. The number of hydrogen-bond acceptors (Lipinski definition) is 10. The Morgan fingerprint density at radius 1 is 0.981 bits per heavy atom. The molecule has 0 aliphatic carbocycles. The summed E-state index contributed by atoms with van der Waals surface area (Å²) in [6.07, 6.45) is 10.3. The van der Waals surface area contributed by atoms with Gasteiger partial charge < -0.3 is 23.8 Å². The first kappa shape index (κ1) is 35.6. The van der Waals surface area contributed by atoms with E-state index in [2.05, 4.69) is 9.80 Å². The maximum atomic E-state index is 17.3. The normalized spacial score (nSPS) is 24.0. The Morgan fingerprint density at radius 2 is 1.74 bits per heavy atom. The molecule has 0 spiro atoms. The van der Waals surface area contributed by atoms with Crippen molar-refractivity contribution in [3.8, 4) is 17.3 Å². The fraction of sp³-hybridized carbons (Fsp3) is 0.571. The Bertz CT molecular complexity index is 2020. The number of ether oxygens (including phenoxy) is 4. The number of amides is 1. The maximum Gasteiger partial charge on any atom is 0.410 e. The molecule has 9 rings (SSSR count). The van der Waals surface area contributed by atoms with Gasteiger partial charge >= 0.3 is 12.1 Å². The maximum absolute atomic E-state index is 17.3. The molecule has 2 aromatic carbocycles. The average Bonchev–Trinajstić information content (AvgIpc) is 3.83. The number of pyridine rings is 1. The monoisotopic (exact) mass is 738 g/mol. The molecule has 4 aromatic rings. The Kier molecular flexibility index (Phi) is 9.34. The van der Waals surface area contributed by atoms with E-state index in [4.69, 9.17) is 33.9 Å². The van der Waals surface area contributed by atoms with Gasteiger partial charge in [-0.3, -0.25) is 14.8 Å². The lowest BCUT2D eigenvalue weighted by Crippen LogP contribution is -2.57. The molecule has 12 heteroatoms. The second kappa shape index (κ2) is 14.2. The lowest BCUT2D eigenvalue weighted by molar-refractivity contribution is -0.168. The van der Waals surface area contributed by atoms with Crippen LogP contribution in [0.2, 0.25) is 0 Å². The summed E-state index contributed by atoms with van der Waals surface area (Å²) in [7, 11) is 0. The summed E-state index contributed by atoms with van der Waals surface area (Å²) in [6, 6.07) is 12.0. The topological polar surface area (TPSA) is 102 Å². The summed E-state index contributed by atoms with van der Waals surface area (Å²) in [6.45, 7) is 10.4. The molecule has 3 atom stereocenters. The highest BCUT2D eigenvalue weighted by Gasteiger charge is 2.46.